The molecule has 0 bridgehead atoms. The van der Waals surface area contributed by atoms with E-state index >= 15 is 0 Å². The first-order valence-corrected chi connectivity index (χ1v) is 10.6. The number of benzene rings is 1. The number of fused-ring (bicyclic) bond motifs is 1. The first kappa shape index (κ1) is 21.3. The van der Waals surface area contributed by atoms with Gasteiger partial charge in [0.1, 0.15) is 11.4 Å². The van der Waals surface area contributed by atoms with E-state index in [1.165, 1.54) is 0 Å². The molecular formula is C22H34N4O3. The van der Waals surface area contributed by atoms with Crippen LogP contribution in [0, 0.1) is 5.92 Å². The van der Waals surface area contributed by atoms with Gasteiger partial charge in [-0.25, -0.2) is 4.79 Å². The van der Waals surface area contributed by atoms with Gasteiger partial charge in [0.2, 0.25) is 0 Å². The Morgan fingerprint density at radius 2 is 2.14 bits per heavy atom. The molecule has 3 N–H and O–H groups in total. The molecule has 1 saturated heterocycles. The molecule has 0 saturated carbocycles. The van der Waals surface area contributed by atoms with Crippen molar-refractivity contribution in [3.8, 4) is 5.75 Å². The fraction of sp³-hybridized carbons (Fsp3) is 0.636. The highest BCUT2D eigenvalue weighted by atomic mass is 16.6. The molecule has 2 atom stereocenters. The third kappa shape index (κ3) is 6.27. The number of ether oxygens (including phenoxy) is 2. The van der Waals surface area contributed by atoms with Crippen LogP contribution < -0.4 is 15.8 Å². The Labute approximate surface area is 173 Å². The maximum absolute atomic E-state index is 12.3. The lowest BCUT2D eigenvalue weighted by Gasteiger charge is -2.34. The highest BCUT2D eigenvalue weighted by molar-refractivity contribution is 5.78. The van der Waals surface area contributed by atoms with Crippen LogP contribution >= 0.6 is 0 Å². The van der Waals surface area contributed by atoms with E-state index in [-0.39, 0.29) is 12.1 Å². The van der Waals surface area contributed by atoms with Gasteiger partial charge in [-0.05, 0) is 52.0 Å². The molecule has 1 fully saturated rings. The number of rotatable bonds is 4. The Bertz CT molecular complexity index is 729. The number of hydrogen-bond donors (Lipinski definition) is 2. The lowest BCUT2D eigenvalue weighted by atomic mass is 9.95. The monoisotopic (exact) mass is 402 g/mol. The maximum Gasteiger partial charge on any atom is 0.410 e. The molecule has 2 aliphatic rings. The number of nitrogens with zero attached hydrogens (tertiary/aromatic N) is 2. The van der Waals surface area contributed by atoms with E-state index in [9.17, 15) is 4.79 Å². The van der Waals surface area contributed by atoms with Crippen molar-refractivity contribution >= 4 is 12.1 Å². The van der Waals surface area contributed by atoms with E-state index < -0.39 is 5.60 Å². The van der Waals surface area contributed by atoms with E-state index in [2.05, 4.69) is 16.4 Å². The minimum Gasteiger partial charge on any atom is -0.493 e. The third-order valence-corrected chi connectivity index (χ3v) is 5.27. The van der Waals surface area contributed by atoms with Crippen LogP contribution in [0.2, 0.25) is 0 Å². The van der Waals surface area contributed by atoms with Crippen molar-refractivity contribution in [3.63, 3.8) is 0 Å². The number of guanidine groups is 1. The summed E-state index contributed by atoms with van der Waals surface area (Å²) in [4.78, 5) is 18.6. The number of para-hydroxylation sites is 1. The van der Waals surface area contributed by atoms with Crippen molar-refractivity contribution in [1.82, 2.24) is 10.2 Å². The van der Waals surface area contributed by atoms with Crippen LogP contribution in [-0.4, -0.2) is 48.8 Å². The van der Waals surface area contributed by atoms with Crippen molar-refractivity contribution in [2.45, 2.75) is 58.1 Å². The molecule has 7 nitrogen and oxygen atoms in total. The number of carbonyl (C=O) groups is 1. The third-order valence-electron chi connectivity index (χ3n) is 5.27. The lowest BCUT2D eigenvalue weighted by molar-refractivity contribution is 0.0163. The van der Waals surface area contributed by atoms with Gasteiger partial charge in [0, 0.05) is 31.6 Å². The van der Waals surface area contributed by atoms with Gasteiger partial charge in [0.15, 0.2) is 5.96 Å². The van der Waals surface area contributed by atoms with Gasteiger partial charge in [0.25, 0.3) is 0 Å². The summed E-state index contributed by atoms with van der Waals surface area (Å²) in [5.41, 5.74) is 6.80. The normalized spacial score (nSPS) is 22.4. The molecule has 0 aliphatic carbocycles. The van der Waals surface area contributed by atoms with E-state index in [0.29, 0.717) is 25.0 Å². The molecule has 1 aromatic carbocycles. The van der Waals surface area contributed by atoms with Gasteiger partial charge in [-0.2, -0.15) is 0 Å². The average molecular weight is 403 g/mol. The second-order valence-corrected chi connectivity index (χ2v) is 8.86. The number of hydrogen-bond acceptors (Lipinski definition) is 4. The molecule has 3 rings (SSSR count). The smallest absolute Gasteiger partial charge is 0.410 e. The summed E-state index contributed by atoms with van der Waals surface area (Å²) < 4.78 is 11.2. The predicted octanol–water partition coefficient (Wildman–Crippen LogP) is 3.45. The van der Waals surface area contributed by atoms with E-state index in [0.717, 1.165) is 50.1 Å². The molecule has 0 spiro atoms. The van der Waals surface area contributed by atoms with Crippen molar-refractivity contribution in [2.75, 3.05) is 26.2 Å². The Morgan fingerprint density at radius 1 is 1.34 bits per heavy atom. The lowest BCUT2D eigenvalue weighted by Crippen LogP contribution is -2.43. The van der Waals surface area contributed by atoms with Crippen LogP contribution in [0.25, 0.3) is 0 Å². The van der Waals surface area contributed by atoms with Crippen LogP contribution in [-0.2, 0) is 4.74 Å². The number of nitrogens with two attached hydrogens (primary N) is 1. The van der Waals surface area contributed by atoms with Crippen LogP contribution in [0.1, 0.15) is 58.1 Å². The van der Waals surface area contributed by atoms with Crippen LogP contribution in [0.15, 0.2) is 29.3 Å². The molecular weight excluding hydrogens is 368 g/mol. The molecule has 29 heavy (non-hydrogen) atoms. The molecule has 7 heteroatoms. The van der Waals surface area contributed by atoms with Crippen molar-refractivity contribution in [1.29, 1.82) is 0 Å². The second kappa shape index (κ2) is 9.37. The van der Waals surface area contributed by atoms with E-state index in [1.54, 1.807) is 0 Å². The predicted molar refractivity (Wildman–Crippen MR) is 114 cm³/mol. The number of likely N-dealkylation sites (tertiary alicyclic amines) is 1. The van der Waals surface area contributed by atoms with Crippen molar-refractivity contribution in [3.05, 3.63) is 29.8 Å². The summed E-state index contributed by atoms with van der Waals surface area (Å²) in [6, 6.07) is 8.15. The summed E-state index contributed by atoms with van der Waals surface area (Å²) in [7, 11) is 0. The summed E-state index contributed by atoms with van der Waals surface area (Å²) >= 11 is 0. The minimum absolute atomic E-state index is 0.126. The summed E-state index contributed by atoms with van der Waals surface area (Å²) in [5, 5.41) is 3.33. The molecule has 2 aliphatic heterocycles. The quantitative estimate of drug-likeness (QED) is 0.595. The summed E-state index contributed by atoms with van der Waals surface area (Å²) in [5.74, 6) is 1.80. The minimum atomic E-state index is -0.461. The van der Waals surface area contributed by atoms with Crippen molar-refractivity contribution < 1.29 is 14.3 Å². The zero-order valence-corrected chi connectivity index (χ0v) is 17.8. The largest absolute Gasteiger partial charge is 0.493 e. The van der Waals surface area contributed by atoms with Crippen LogP contribution in [0.5, 0.6) is 5.75 Å². The van der Waals surface area contributed by atoms with Crippen LogP contribution in [0.3, 0.4) is 0 Å². The molecule has 2 heterocycles. The van der Waals surface area contributed by atoms with Gasteiger partial charge in [-0.3, -0.25) is 4.99 Å². The summed E-state index contributed by atoms with van der Waals surface area (Å²) in [6.45, 7) is 8.50. The molecule has 0 aromatic heterocycles. The van der Waals surface area contributed by atoms with Gasteiger partial charge in [-0.1, -0.05) is 18.2 Å². The highest BCUT2D eigenvalue weighted by Crippen LogP contribution is 2.31. The molecule has 0 radical (unpaired) electrons. The number of nitrogens with one attached hydrogen (secondary N) is 1. The Balaban J connectivity index is 1.46. The van der Waals surface area contributed by atoms with E-state index in [1.807, 2.05) is 43.9 Å². The van der Waals surface area contributed by atoms with Gasteiger partial charge in [0.05, 0.1) is 12.6 Å². The Morgan fingerprint density at radius 3 is 2.93 bits per heavy atom. The van der Waals surface area contributed by atoms with Gasteiger partial charge >= 0.3 is 6.09 Å². The van der Waals surface area contributed by atoms with Gasteiger partial charge < -0.3 is 25.4 Å². The Kier molecular flexibility index (Phi) is 6.87. The first-order chi connectivity index (χ1) is 13.8. The van der Waals surface area contributed by atoms with E-state index in [4.69, 9.17) is 15.2 Å². The average Bonchev–Trinajstić information content (AvgIpc) is 2.67. The molecule has 2 unspecified atom stereocenters. The van der Waals surface area contributed by atoms with Crippen LogP contribution in [0.4, 0.5) is 4.79 Å². The fourth-order valence-electron chi connectivity index (χ4n) is 3.88. The Hall–Kier alpha value is -2.44. The first-order valence-electron chi connectivity index (χ1n) is 10.6. The molecule has 1 aromatic rings. The fourth-order valence-corrected chi connectivity index (χ4v) is 3.88. The number of carbonyl (C=O) groups excluding carboxylic acids is 1. The number of piperidine rings is 1. The highest BCUT2D eigenvalue weighted by Gasteiger charge is 2.27. The molecule has 1 amide bonds. The zero-order valence-electron chi connectivity index (χ0n) is 17.8. The SMILES string of the molecule is CC(C)(C)OC(=O)N1CCCC(CCN=C(N)NC2CCOc3ccccc32)C1. The van der Waals surface area contributed by atoms with Gasteiger partial charge in [-0.15, -0.1) is 0 Å². The standard InChI is InChI=1S/C22H34N4O3/c1-22(2,3)29-21(27)26-13-6-7-16(15-26)10-12-24-20(23)25-18-11-14-28-19-9-5-4-8-17(18)19/h4-5,8-9,16,18H,6-7,10-15H2,1-3H3,(H3,23,24,25). The summed E-state index contributed by atoms with van der Waals surface area (Å²) in [6.07, 6.45) is 3.66. The topological polar surface area (TPSA) is 89.2 Å². The number of aliphatic imine (C=N–C) groups is 1. The second-order valence-electron chi connectivity index (χ2n) is 8.86. The number of amides is 1. The maximum atomic E-state index is 12.3. The van der Waals surface area contributed by atoms with Crippen molar-refractivity contribution in [2.24, 2.45) is 16.6 Å². The molecule has 160 valence electrons. The zero-order chi connectivity index (χ0) is 20.9.